The number of nitrogens with one attached hydrogen (secondary N) is 2. The minimum absolute atomic E-state index is 0.255. The first-order chi connectivity index (χ1) is 22.3. The number of allylic oxidation sites excluding steroid dienone is 1. The molecule has 10 heteroatoms. The number of carbonyl (C=O) groups is 2. The molecule has 240 valence electrons. The molecule has 0 atom stereocenters. The topological polar surface area (TPSA) is 107 Å². The fourth-order valence-corrected chi connectivity index (χ4v) is 5.64. The molecule has 1 saturated heterocycles. The highest BCUT2D eigenvalue weighted by Gasteiger charge is 2.21. The van der Waals surface area contributed by atoms with E-state index in [9.17, 15) is 14.4 Å². The molecule has 2 N–H and O–H groups in total. The Hall–Kier alpha value is -5.05. The molecule has 0 radical (unpaired) electrons. The van der Waals surface area contributed by atoms with Crippen molar-refractivity contribution >= 4 is 40.0 Å². The number of aromatic amines is 1. The molecule has 2 heterocycles. The smallest absolute Gasteiger partial charge is 0.258 e. The van der Waals surface area contributed by atoms with Gasteiger partial charge >= 0.3 is 0 Å². The summed E-state index contributed by atoms with van der Waals surface area (Å²) in [6.45, 7) is 6.00. The third-order valence-corrected chi connectivity index (χ3v) is 8.39. The first-order valence-corrected chi connectivity index (χ1v) is 15.5. The lowest BCUT2D eigenvalue weighted by molar-refractivity contribution is 0.0990. The summed E-state index contributed by atoms with van der Waals surface area (Å²) in [6, 6.07) is 18.0. The Labute approximate surface area is 269 Å². The standard InChI is InChI=1S/C36H41N5O5/c1-25-11-14-32(34(22-25)46-21-6-5-8-27(24-42)41-19-17-39(2)18-20-41)40(3)36(44)26-12-13-31(33(23-26)45-4)38-35(43)29-9-7-10-30-28(29)15-16-37-30/h7,9-16,22-23,37H,5-6,8,17-21H2,1-4H3,(H,38,43). The monoisotopic (exact) mass is 623 g/mol. The van der Waals surface area contributed by atoms with Gasteiger partial charge in [0.2, 0.25) is 0 Å². The highest BCUT2D eigenvalue weighted by atomic mass is 16.5. The van der Waals surface area contributed by atoms with E-state index in [-0.39, 0.29) is 11.8 Å². The van der Waals surface area contributed by atoms with E-state index in [1.54, 1.807) is 42.4 Å². The Morgan fingerprint density at radius 3 is 2.57 bits per heavy atom. The van der Waals surface area contributed by atoms with Gasteiger partial charge in [0.05, 0.1) is 30.8 Å². The predicted molar refractivity (Wildman–Crippen MR) is 181 cm³/mol. The SMILES string of the molecule is COc1cc(C(=O)N(C)c2ccc(C)cc2OCCCCC(=C=O)N2CCN(C)CC2)ccc1NC(=O)c1cccc2[nH]ccc12. The largest absolute Gasteiger partial charge is 0.495 e. The van der Waals surface area contributed by atoms with E-state index in [0.717, 1.165) is 61.2 Å². The average Bonchev–Trinajstić information content (AvgIpc) is 3.56. The minimum Gasteiger partial charge on any atom is -0.495 e. The summed E-state index contributed by atoms with van der Waals surface area (Å²) in [4.78, 5) is 47.4. The third-order valence-electron chi connectivity index (χ3n) is 8.39. The summed E-state index contributed by atoms with van der Waals surface area (Å²) in [5.74, 6) is 2.59. The zero-order valence-corrected chi connectivity index (χ0v) is 26.9. The molecule has 0 aliphatic carbocycles. The van der Waals surface area contributed by atoms with Gasteiger partial charge in [-0.1, -0.05) is 12.1 Å². The summed E-state index contributed by atoms with van der Waals surface area (Å²) in [5.41, 5.74) is 4.63. The van der Waals surface area contributed by atoms with Crippen LogP contribution in [0, 0.1) is 6.92 Å². The normalized spacial score (nSPS) is 13.3. The number of benzene rings is 3. The maximum Gasteiger partial charge on any atom is 0.258 e. The number of hydrogen-bond donors (Lipinski definition) is 2. The van der Waals surface area contributed by atoms with E-state index in [4.69, 9.17) is 9.47 Å². The number of methoxy groups -OCH3 is 1. The van der Waals surface area contributed by atoms with Crippen molar-refractivity contribution in [1.29, 1.82) is 0 Å². The molecule has 1 fully saturated rings. The highest BCUT2D eigenvalue weighted by molar-refractivity contribution is 6.13. The zero-order valence-electron chi connectivity index (χ0n) is 26.9. The molecule has 46 heavy (non-hydrogen) atoms. The molecule has 1 aliphatic heterocycles. The van der Waals surface area contributed by atoms with E-state index in [0.29, 0.717) is 47.0 Å². The zero-order chi connectivity index (χ0) is 32.6. The van der Waals surface area contributed by atoms with Crippen LogP contribution in [0.2, 0.25) is 0 Å². The van der Waals surface area contributed by atoms with Crippen LogP contribution >= 0.6 is 0 Å². The van der Waals surface area contributed by atoms with Crippen LogP contribution in [0.15, 0.2) is 72.6 Å². The van der Waals surface area contributed by atoms with Gasteiger partial charge < -0.3 is 34.5 Å². The fraction of sp³-hybridized carbons (Fsp3) is 0.333. The van der Waals surface area contributed by atoms with Crippen LogP contribution in [0.3, 0.4) is 0 Å². The Kier molecular flexibility index (Phi) is 10.4. The van der Waals surface area contributed by atoms with Gasteiger partial charge in [-0.05, 0) is 87.3 Å². The van der Waals surface area contributed by atoms with Gasteiger partial charge in [0.15, 0.2) is 0 Å². The predicted octanol–water partition coefficient (Wildman–Crippen LogP) is 5.53. The molecule has 1 aromatic heterocycles. The Morgan fingerprint density at radius 2 is 1.80 bits per heavy atom. The second kappa shape index (κ2) is 14.8. The number of aromatic nitrogens is 1. The lowest BCUT2D eigenvalue weighted by Crippen LogP contribution is -2.44. The van der Waals surface area contributed by atoms with Gasteiger partial charge in [0.1, 0.15) is 17.4 Å². The van der Waals surface area contributed by atoms with E-state index < -0.39 is 0 Å². The molecule has 5 rings (SSSR count). The number of rotatable bonds is 12. The molecule has 0 bridgehead atoms. The second-order valence-electron chi connectivity index (χ2n) is 11.6. The first kappa shape index (κ1) is 32.3. The first-order valence-electron chi connectivity index (χ1n) is 15.5. The van der Waals surface area contributed by atoms with E-state index in [2.05, 4.69) is 33.1 Å². The van der Waals surface area contributed by atoms with Gasteiger partial charge in [-0.25, -0.2) is 4.79 Å². The number of aryl methyl sites for hydroxylation is 1. The molecule has 0 saturated carbocycles. The van der Waals surface area contributed by atoms with Gasteiger partial charge in [0.25, 0.3) is 11.8 Å². The number of amides is 2. The van der Waals surface area contributed by atoms with Gasteiger partial charge in [-0.2, -0.15) is 0 Å². The second-order valence-corrected chi connectivity index (χ2v) is 11.6. The number of H-pyrrole nitrogens is 1. The third kappa shape index (κ3) is 7.42. The van der Waals surface area contributed by atoms with Crippen LogP contribution < -0.4 is 19.7 Å². The van der Waals surface area contributed by atoms with Crippen LogP contribution in [-0.2, 0) is 4.79 Å². The summed E-state index contributed by atoms with van der Waals surface area (Å²) in [5, 5.41) is 3.73. The fourth-order valence-electron chi connectivity index (χ4n) is 5.64. The molecule has 10 nitrogen and oxygen atoms in total. The lowest BCUT2D eigenvalue weighted by atomic mass is 10.1. The Morgan fingerprint density at radius 1 is 1.00 bits per heavy atom. The minimum atomic E-state index is -0.279. The molecule has 3 aromatic carbocycles. The number of fused-ring (bicyclic) bond motifs is 1. The Balaban J connectivity index is 1.22. The summed E-state index contributed by atoms with van der Waals surface area (Å²) in [7, 11) is 5.29. The number of unbranched alkanes of at least 4 members (excludes halogenated alkanes) is 1. The van der Waals surface area contributed by atoms with Crippen LogP contribution in [0.25, 0.3) is 10.9 Å². The van der Waals surface area contributed by atoms with Crippen LogP contribution in [0.5, 0.6) is 11.5 Å². The van der Waals surface area contributed by atoms with Gasteiger partial charge in [-0.3, -0.25) is 9.59 Å². The average molecular weight is 624 g/mol. The van der Waals surface area contributed by atoms with E-state index in [1.165, 1.54) is 7.11 Å². The van der Waals surface area contributed by atoms with E-state index in [1.807, 2.05) is 43.3 Å². The van der Waals surface area contributed by atoms with Crippen molar-refractivity contribution in [2.75, 3.05) is 64.2 Å². The van der Waals surface area contributed by atoms with E-state index >= 15 is 0 Å². The van der Waals surface area contributed by atoms with Crippen molar-refractivity contribution in [1.82, 2.24) is 14.8 Å². The lowest BCUT2D eigenvalue weighted by Gasteiger charge is -2.34. The summed E-state index contributed by atoms with van der Waals surface area (Å²) < 4.78 is 11.7. The van der Waals surface area contributed by atoms with Crippen molar-refractivity contribution in [2.24, 2.45) is 0 Å². The molecular formula is C36H41N5O5. The van der Waals surface area contributed by atoms with Crippen molar-refractivity contribution < 1.29 is 23.9 Å². The molecule has 4 aromatic rings. The van der Waals surface area contributed by atoms with Crippen molar-refractivity contribution in [2.45, 2.75) is 26.2 Å². The van der Waals surface area contributed by atoms with Crippen molar-refractivity contribution in [3.8, 4) is 11.5 Å². The summed E-state index contributed by atoms with van der Waals surface area (Å²) in [6.07, 6.45) is 4.01. The number of ether oxygens (including phenoxy) is 2. The number of likely N-dealkylation sites (N-methyl/N-ethyl adjacent to an activating group) is 1. The van der Waals surface area contributed by atoms with Gasteiger partial charge in [0, 0.05) is 61.5 Å². The van der Waals surface area contributed by atoms with Crippen molar-refractivity contribution in [3.05, 3.63) is 89.2 Å². The van der Waals surface area contributed by atoms with Crippen LogP contribution in [0.1, 0.15) is 45.5 Å². The molecule has 1 aliphatic rings. The van der Waals surface area contributed by atoms with Crippen LogP contribution in [0.4, 0.5) is 11.4 Å². The Bertz CT molecular complexity index is 1750. The molecule has 2 amide bonds. The molecule has 0 spiro atoms. The molecule has 0 unspecified atom stereocenters. The maximum absolute atomic E-state index is 13.7. The highest BCUT2D eigenvalue weighted by Crippen LogP contribution is 2.32. The summed E-state index contributed by atoms with van der Waals surface area (Å²) >= 11 is 0. The van der Waals surface area contributed by atoms with Gasteiger partial charge in [-0.15, -0.1) is 0 Å². The number of hydrogen-bond acceptors (Lipinski definition) is 7. The number of nitrogens with zero attached hydrogens (tertiary/aromatic N) is 3. The molecular weight excluding hydrogens is 582 g/mol. The number of piperazine rings is 1. The number of anilines is 2. The quantitative estimate of drug-likeness (QED) is 0.158. The maximum atomic E-state index is 13.7. The van der Waals surface area contributed by atoms with Crippen molar-refractivity contribution in [3.63, 3.8) is 0 Å². The number of carbonyl (C=O) groups excluding carboxylic acids is 3. The van der Waals surface area contributed by atoms with Crippen LogP contribution in [-0.4, -0.2) is 86.5 Å².